The Morgan fingerprint density at radius 2 is 1.19 bits per heavy atom. The average molecular weight is 1210 g/mol. The molecule has 1 N–H and O–H groups in total. The molecule has 8 heteroatoms. The maximum absolute atomic E-state index is 7.12. The van der Waals surface area contributed by atoms with Crippen molar-refractivity contribution in [3.63, 3.8) is 0 Å². The second-order valence-electron chi connectivity index (χ2n) is 21.0. The first-order valence-electron chi connectivity index (χ1n) is 25.1. The van der Waals surface area contributed by atoms with E-state index in [0.717, 1.165) is 61.9 Å². The minimum absolute atomic E-state index is 0. The number of benzene rings is 9. The molecule has 0 unspecified atom stereocenters. The van der Waals surface area contributed by atoms with Crippen LogP contribution in [0.15, 0.2) is 212 Å². The summed E-state index contributed by atoms with van der Waals surface area (Å²) in [6.45, 7) is 11.8. The van der Waals surface area contributed by atoms with E-state index in [1.807, 2.05) is 24.4 Å². The normalized spacial score (nSPS) is 13.6. The summed E-state index contributed by atoms with van der Waals surface area (Å²) in [5.41, 5.74) is 11.3. The molecule has 0 aliphatic carbocycles. The molecule has 74 heavy (non-hydrogen) atoms. The van der Waals surface area contributed by atoms with E-state index >= 15 is 0 Å². The third-order valence-electron chi connectivity index (χ3n) is 15.4. The van der Waals surface area contributed by atoms with Crippen molar-refractivity contribution < 1.29 is 25.8 Å². The summed E-state index contributed by atoms with van der Waals surface area (Å²) in [7, 11) is 2.68. The van der Waals surface area contributed by atoms with Crippen molar-refractivity contribution in [2.24, 2.45) is 0 Å². The molecule has 0 atom stereocenters. The molecule has 0 radical (unpaired) electrons. The van der Waals surface area contributed by atoms with Gasteiger partial charge in [0.05, 0.1) is 0 Å². The minimum atomic E-state index is -3.72. The molecule has 0 fully saturated rings. The van der Waals surface area contributed by atoms with Gasteiger partial charge in [-0.25, -0.2) is 0 Å². The smallest absolute Gasteiger partial charge is 0.0622 e. The molecule has 9 aromatic carbocycles. The quantitative estimate of drug-likeness (QED) is 0.116. The van der Waals surface area contributed by atoms with Crippen molar-refractivity contribution in [1.29, 1.82) is 0 Å². The van der Waals surface area contributed by atoms with Gasteiger partial charge in [-0.1, -0.05) is 78.9 Å². The fraction of sp³-hybridized carbons (Fsp3) is 0.0909. The molecule has 4 heterocycles. The van der Waals surface area contributed by atoms with Gasteiger partial charge in [-0.05, 0) is 11.1 Å². The van der Waals surface area contributed by atoms with Crippen LogP contribution in [0.25, 0.3) is 49.9 Å². The van der Waals surface area contributed by atoms with Gasteiger partial charge < -0.3 is 0 Å². The van der Waals surface area contributed by atoms with Crippen molar-refractivity contribution in [3.8, 4) is 39.6 Å². The van der Waals surface area contributed by atoms with E-state index < -0.39 is 21.3 Å². The Morgan fingerprint density at radius 1 is 0.595 bits per heavy atom. The molecular formula is C66H53GeN4OPtSi-3. The van der Waals surface area contributed by atoms with Gasteiger partial charge in [0.1, 0.15) is 0 Å². The van der Waals surface area contributed by atoms with Crippen LogP contribution in [0, 0.1) is 19.2 Å². The van der Waals surface area contributed by atoms with Crippen molar-refractivity contribution in [1.82, 2.24) is 9.55 Å². The number of nitrogens with zero attached hydrogens (tertiary/aromatic N) is 3. The summed E-state index contributed by atoms with van der Waals surface area (Å²) < 4.78 is 15.4. The molecule has 1 spiro atoms. The zero-order valence-corrected chi connectivity index (χ0v) is 47.4. The second kappa shape index (κ2) is 18.3. The first-order valence-corrected chi connectivity index (χ1v) is 32.3. The van der Waals surface area contributed by atoms with Crippen LogP contribution in [0.2, 0.25) is 13.1 Å². The van der Waals surface area contributed by atoms with Crippen LogP contribution < -0.4 is 42.9 Å². The Bertz CT molecular complexity index is 3870. The number of nitrogens with one attached hydrogen (secondary N) is 1. The van der Waals surface area contributed by atoms with E-state index in [1.54, 1.807) is 10.4 Å². The molecule has 11 aromatic rings. The standard InChI is InChI=1S/C66H53GeN4OSi.Pt/c1-66(2,3)46-38-39-68-62(40-46)71-58-35-21-32-54-63(58)64-55(67(54)52-30-13-17-36-60(52)73(5,6)61-37-18-14-31-53(61)67)42-49(43-59(64)71)72-48-27-19-26-47(41-48)69-56-33-15-16-34-57(56)70(4)65-50(44-22-9-7-10-23-44)28-20-29-51(65)45-24-11-8-12-25-45;/h7-40,42,69H,4H2,1-3,5-6H3;/q-3;. The Kier molecular flexibility index (Phi) is 11.8. The summed E-state index contributed by atoms with van der Waals surface area (Å²) in [6, 6.07) is 82.0. The van der Waals surface area contributed by atoms with Crippen LogP contribution in [-0.2, 0) is 26.5 Å². The number of aromatic nitrogens is 2. The molecule has 0 saturated heterocycles. The third-order valence-corrected chi connectivity index (χ3v) is 30.3. The zero-order chi connectivity index (χ0) is 49.6. The summed E-state index contributed by atoms with van der Waals surface area (Å²) in [5, 5.41) is 9.41. The van der Waals surface area contributed by atoms with Gasteiger partial charge in [0.2, 0.25) is 0 Å². The Labute approximate surface area is 452 Å². The van der Waals surface area contributed by atoms with Gasteiger partial charge >= 0.3 is 333 Å². The fourth-order valence-corrected chi connectivity index (χ4v) is 32.0. The van der Waals surface area contributed by atoms with Crippen molar-refractivity contribution in [2.75, 3.05) is 10.2 Å². The van der Waals surface area contributed by atoms with E-state index in [9.17, 15) is 0 Å². The number of anilines is 4. The molecule has 5 nitrogen and oxygen atoms in total. The zero-order valence-electron chi connectivity index (χ0n) is 42.0. The van der Waals surface area contributed by atoms with E-state index in [-0.39, 0.29) is 26.5 Å². The molecule has 0 amide bonds. The van der Waals surface area contributed by atoms with Crippen LogP contribution in [0.3, 0.4) is 0 Å². The molecule has 2 aromatic heterocycles. The van der Waals surface area contributed by atoms with E-state index in [4.69, 9.17) is 16.8 Å². The molecule has 0 bridgehead atoms. The van der Waals surface area contributed by atoms with Crippen LogP contribution in [0.4, 0.5) is 22.7 Å². The van der Waals surface area contributed by atoms with Crippen molar-refractivity contribution in [2.45, 2.75) is 39.3 Å². The van der Waals surface area contributed by atoms with Gasteiger partial charge in [0, 0.05) is 32.2 Å². The number of rotatable bonds is 9. The number of para-hydroxylation sites is 3. The summed E-state index contributed by atoms with van der Waals surface area (Å²) in [5.74, 6) is 2.12. The average Bonchev–Trinajstić information content (AvgIpc) is 3.94. The maximum atomic E-state index is 7.12. The van der Waals surface area contributed by atoms with Gasteiger partial charge in [0.25, 0.3) is 0 Å². The first-order chi connectivity index (χ1) is 35.5. The number of fused-ring (bicyclic) bond motifs is 6. The predicted molar refractivity (Wildman–Crippen MR) is 310 cm³/mol. The van der Waals surface area contributed by atoms with Crippen LogP contribution >= 0.6 is 0 Å². The number of ether oxygens (including phenoxy) is 1. The molecule has 0 saturated carbocycles. The Balaban J connectivity index is 0.00000556. The van der Waals surface area contributed by atoms with E-state index in [1.165, 1.54) is 33.9 Å². The third kappa shape index (κ3) is 7.47. The van der Waals surface area contributed by atoms with E-state index in [2.05, 4.69) is 249 Å². The monoisotopic (exact) mass is 1210 g/mol. The van der Waals surface area contributed by atoms with Gasteiger partial charge in [-0.2, -0.15) is 0 Å². The topological polar surface area (TPSA) is 42.3 Å². The molecule has 2 aliphatic rings. The van der Waals surface area contributed by atoms with Crippen molar-refractivity contribution in [3.05, 3.63) is 237 Å². The molecule has 364 valence electrons. The van der Waals surface area contributed by atoms with E-state index in [0.29, 0.717) is 11.5 Å². The van der Waals surface area contributed by atoms with Gasteiger partial charge in [-0.15, -0.1) is 0 Å². The summed E-state index contributed by atoms with van der Waals surface area (Å²) in [6.07, 6.45) is 1.95. The van der Waals surface area contributed by atoms with Gasteiger partial charge in [0.15, 0.2) is 0 Å². The summed E-state index contributed by atoms with van der Waals surface area (Å²) in [4.78, 5) is 7.14. The Hall–Kier alpha value is -7.22. The SMILES string of the molecule is [CH2-]N(c1ccccc1Nc1[c-]c(Oc2[c-]c3c4[c](c2)[Ge]2([c]5ccccc5[Si](C)(C)c5cccc[c]52)[c]2cccc(c24)n3-c2cc(C(C)(C)C)ccn2)ccc1)c1c(-c2ccccc2)cccc1-c1ccccc1.[Pt]. The van der Waals surface area contributed by atoms with Crippen LogP contribution in [0.1, 0.15) is 26.3 Å². The number of pyridine rings is 1. The van der Waals surface area contributed by atoms with Crippen LogP contribution in [-0.4, -0.2) is 30.9 Å². The fourth-order valence-electron chi connectivity index (χ4n) is 12.0. The Morgan fingerprint density at radius 3 is 1.86 bits per heavy atom. The predicted octanol–water partition coefficient (Wildman–Crippen LogP) is 12.7. The summed E-state index contributed by atoms with van der Waals surface area (Å²) >= 11 is -3.72. The van der Waals surface area contributed by atoms with Crippen LogP contribution in [0.5, 0.6) is 11.5 Å². The number of hydrogen-bond acceptors (Lipinski definition) is 4. The molecule has 13 rings (SSSR count). The van der Waals surface area contributed by atoms with Crippen molar-refractivity contribution >= 4 is 93.9 Å². The first kappa shape index (κ1) is 47.8. The second-order valence-corrected chi connectivity index (χ2v) is 33.0. The minimum Gasteiger partial charge on any atom is -0.0622 e. The molecular weight excluding hydrogens is 1160 g/mol. The molecule has 2 aliphatic heterocycles. The number of hydrogen-bond donors (Lipinski definition) is 1. The van der Waals surface area contributed by atoms with Gasteiger partial charge in [-0.3, -0.25) is 0 Å².